The molecule has 0 amide bonds. The van der Waals surface area contributed by atoms with Crippen molar-refractivity contribution >= 4 is 10.9 Å². The Balaban J connectivity index is 1.05. The van der Waals surface area contributed by atoms with Crippen LogP contribution in [0.25, 0.3) is 10.9 Å². The average molecular weight is 555 g/mol. The van der Waals surface area contributed by atoms with Crippen LogP contribution in [-0.2, 0) is 20.8 Å². The van der Waals surface area contributed by atoms with Crippen molar-refractivity contribution in [2.45, 2.75) is 154 Å². The van der Waals surface area contributed by atoms with Crippen molar-refractivity contribution in [2.24, 2.45) is 0 Å². The summed E-state index contributed by atoms with van der Waals surface area (Å²) >= 11 is 0. The number of para-hydroxylation sites is 1. The van der Waals surface area contributed by atoms with E-state index < -0.39 is 0 Å². The third-order valence-corrected chi connectivity index (χ3v) is 8.39. The molecule has 0 unspecified atom stereocenters. The molecule has 1 aliphatic rings. The molecule has 226 valence electrons. The molecule has 0 N–H and O–H groups in total. The van der Waals surface area contributed by atoms with Gasteiger partial charge in [-0.15, -0.1) is 0 Å². The lowest BCUT2D eigenvalue weighted by atomic mass is 10.0. The molecule has 1 aromatic carbocycles. The second-order valence-corrected chi connectivity index (χ2v) is 12.0. The highest BCUT2D eigenvalue weighted by molar-refractivity contribution is 5.74. The van der Waals surface area contributed by atoms with Crippen molar-refractivity contribution in [1.29, 1.82) is 0 Å². The molecule has 0 aliphatic carbocycles. The molecule has 2 heterocycles. The molecule has 0 spiro atoms. The van der Waals surface area contributed by atoms with Crippen LogP contribution in [0.4, 0.5) is 0 Å². The van der Waals surface area contributed by atoms with E-state index in [1.54, 1.807) is 0 Å². The van der Waals surface area contributed by atoms with Crippen LogP contribution in [0.3, 0.4) is 0 Å². The Hall–Kier alpha value is -1.49. The SMILES string of the molecule is CCCCCCCCCCCCCCCCC[C@H]1OC[C@H](COCCCCCC[n+]2cccc3ccccc32)O1. The van der Waals surface area contributed by atoms with Crippen LogP contribution >= 0.6 is 0 Å². The minimum Gasteiger partial charge on any atom is -0.379 e. The molecular weight excluding hydrogens is 494 g/mol. The molecule has 4 nitrogen and oxygen atoms in total. The number of benzene rings is 1. The number of ether oxygens (including phenoxy) is 3. The predicted molar refractivity (Wildman–Crippen MR) is 168 cm³/mol. The van der Waals surface area contributed by atoms with E-state index in [0.29, 0.717) is 13.2 Å². The Labute approximate surface area is 246 Å². The van der Waals surface area contributed by atoms with Crippen molar-refractivity contribution in [1.82, 2.24) is 0 Å². The second-order valence-electron chi connectivity index (χ2n) is 12.0. The molecular formula is C36H60NO3+. The zero-order valence-electron chi connectivity index (χ0n) is 25.8. The third-order valence-electron chi connectivity index (χ3n) is 8.39. The lowest BCUT2D eigenvalue weighted by Crippen LogP contribution is -2.33. The highest BCUT2D eigenvalue weighted by Gasteiger charge is 2.25. The molecule has 0 bridgehead atoms. The Bertz CT molecular complexity index is 867. The van der Waals surface area contributed by atoms with E-state index in [-0.39, 0.29) is 12.4 Å². The van der Waals surface area contributed by atoms with Crippen LogP contribution < -0.4 is 4.57 Å². The fourth-order valence-corrected chi connectivity index (χ4v) is 5.90. The molecule has 4 heteroatoms. The van der Waals surface area contributed by atoms with Crippen LogP contribution in [0.15, 0.2) is 42.6 Å². The first-order valence-corrected chi connectivity index (χ1v) is 17.1. The lowest BCUT2D eigenvalue weighted by molar-refractivity contribution is -0.671. The fourth-order valence-electron chi connectivity index (χ4n) is 5.90. The zero-order chi connectivity index (χ0) is 27.9. The van der Waals surface area contributed by atoms with Gasteiger partial charge in [0.15, 0.2) is 12.5 Å². The van der Waals surface area contributed by atoms with E-state index in [2.05, 4.69) is 54.1 Å². The number of hydrogen-bond acceptors (Lipinski definition) is 3. The smallest absolute Gasteiger partial charge is 0.212 e. The summed E-state index contributed by atoms with van der Waals surface area (Å²) < 4.78 is 20.2. The van der Waals surface area contributed by atoms with Crippen LogP contribution in [0.5, 0.6) is 0 Å². The monoisotopic (exact) mass is 554 g/mol. The van der Waals surface area contributed by atoms with Crippen molar-refractivity contribution < 1.29 is 18.8 Å². The minimum absolute atomic E-state index is 0.0119. The summed E-state index contributed by atoms with van der Waals surface area (Å²) in [6, 6.07) is 13.0. The van der Waals surface area contributed by atoms with Crippen molar-refractivity contribution in [3.63, 3.8) is 0 Å². The number of aryl methyl sites for hydroxylation is 1. The number of fused-ring (bicyclic) bond motifs is 1. The van der Waals surface area contributed by atoms with E-state index in [0.717, 1.165) is 26.0 Å². The summed E-state index contributed by atoms with van der Waals surface area (Å²) in [6.07, 6.45) is 29.1. The lowest BCUT2D eigenvalue weighted by Gasteiger charge is -2.12. The number of rotatable bonds is 25. The van der Waals surface area contributed by atoms with E-state index in [4.69, 9.17) is 14.2 Å². The van der Waals surface area contributed by atoms with E-state index in [1.807, 2.05) is 0 Å². The number of pyridine rings is 1. The van der Waals surface area contributed by atoms with E-state index in [1.165, 1.54) is 126 Å². The maximum atomic E-state index is 6.06. The minimum atomic E-state index is -0.0119. The highest BCUT2D eigenvalue weighted by Crippen LogP contribution is 2.19. The van der Waals surface area contributed by atoms with Gasteiger partial charge in [-0.3, -0.25) is 0 Å². The molecule has 40 heavy (non-hydrogen) atoms. The molecule has 1 fully saturated rings. The van der Waals surface area contributed by atoms with E-state index in [9.17, 15) is 0 Å². The maximum Gasteiger partial charge on any atom is 0.212 e. The Morgan fingerprint density at radius 2 is 1.30 bits per heavy atom. The first-order valence-electron chi connectivity index (χ1n) is 17.1. The average Bonchev–Trinajstić information content (AvgIpc) is 3.44. The van der Waals surface area contributed by atoms with Gasteiger partial charge in [0.2, 0.25) is 5.52 Å². The number of aromatic nitrogens is 1. The molecule has 1 aromatic heterocycles. The number of hydrogen-bond donors (Lipinski definition) is 0. The molecule has 1 aliphatic heterocycles. The van der Waals surface area contributed by atoms with Gasteiger partial charge in [-0.25, -0.2) is 0 Å². The first kappa shape index (κ1) is 33.0. The first-order chi connectivity index (χ1) is 19.9. The molecule has 2 aromatic rings. The van der Waals surface area contributed by atoms with Gasteiger partial charge >= 0.3 is 0 Å². The summed E-state index contributed by atoms with van der Waals surface area (Å²) in [6.45, 7) is 5.55. The largest absolute Gasteiger partial charge is 0.379 e. The molecule has 3 rings (SSSR count). The van der Waals surface area contributed by atoms with Gasteiger partial charge < -0.3 is 14.2 Å². The predicted octanol–water partition coefficient (Wildman–Crippen LogP) is 9.71. The summed E-state index contributed by atoms with van der Waals surface area (Å²) in [5.74, 6) is 0. The number of unbranched alkanes of at least 4 members (excludes halogenated alkanes) is 17. The van der Waals surface area contributed by atoms with Crippen molar-refractivity contribution in [2.75, 3.05) is 19.8 Å². The standard InChI is InChI=1S/C36H60NO3/c1-2-3-4-5-6-7-8-9-10-11-12-13-14-15-18-27-36-39-32-34(40-36)31-38-30-22-17-16-21-28-37-29-23-25-33-24-19-20-26-35(33)37/h19-20,23-26,29,34,36H,2-18,21-22,27-28,30-32H2,1H3/q+1/t34-,36-/m0/s1. The fraction of sp³-hybridized carbons (Fsp3) is 0.750. The molecule has 0 saturated carbocycles. The van der Waals surface area contributed by atoms with Crippen molar-refractivity contribution in [3.8, 4) is 0 Å². The van der Waals surface area contributed by atoms with Gasteiger partial charge in [0, 0.05) is 30.5 Å². The summed E-state index contributed by atoms with van der Waals surface area (Å²) in [5.41, 5.74) is 1.32. The summed E-state index contributed by atoms with van der Waals surface area (Å²) in [5, 5.41) is 1.31. The summed E-state index contributed by atoms with van der Waals surface area (Å²) in [4.78, 5) is 0. The quantitative estimate of drug-likeness (QED) is 0.0904. The molecule has 2 atom stereocenters. The Kier molecular flexibility index (Phi) is 18.3. The highest BCUT2D eigenvalue weighted by atomic mass is 16.7. The van der Waals surface area contributed by atoms with Gasteiger partial charge in [-0.2, -0.15) is 4.57 Å². The second kappa shape index (κ2) is 22.2. The van der Waals surface area contributed by atoms with Gasteiger partial charge in [0.1, 0.15) is 12.6 Å². The van der Waals surface area contributed by atoms with Crippen LogP contribution in [0.1, 0.15) is 135 Å². The van der Waals surface area contributed by atoms with Gasteiger partial charge in [0.25, 0.3) is 0 Å². The van der Waals surface area contributed by atoms with Crippen LogP contribution in [0.2, 0.25) is 0 Å². The van der Waals surface area contributed by atoms with Crippen LogP contribution in [-0.4, -0.2) is 32.2 Å². The Morgan fingerprint density at radius 1 is 0.700 bits per heavy atom. The normalized spacial score (nSPS) is 17.2. The van der Waals surface area contributed by atoms with Gasteiger partial charge in [0.05, 0.1) is 13.2 Å². The molecule has 0 radical (unpaired) electrons. The Morgan fingerprint density at radius 3 is 2.02 bits per heavy atom. The van der Waals surface area contributed by atoms with Gasteiger partial charge in [-0.05, 0) is 37.8 Å². The topological polar surface area (TPSA) is 31.6 Å². The summed E-state index contributed by atoms with van der Waals surface area (Å²) in [7, 11) is 0. The van der Waals surface area contributed by atoms with Gasteiger partial charge in [-0.1, -0.05) is 115 Å². The maximum absolute atomic E-state index is 6.06. The zero-order valence-corrected chi connectivity index (χ0v) is 25.8. The third kappa shape index (κ3) is 14.4. The number of nitrogens with zero attached hydrogens (tertiary/aromatic N) is 1. The van der Waals surface area contributed by atoms with Crippen LogP contribution in [0, 0.1) is 0 Å². The molecule has 1 saturated heterocycles. The van der Waals surface area contributed by atoms with E-state index >= 15 is 0 Å². The van der Waals surface area contributed by atoms with Crippen molar-refractivity contribution in [3.05, 3.63) is 42.6 Å².